The summed E-state index contributed by atoms with van der Waals surface area (Å²) in [6.45, 7) is 9.34. The molecule has 156 valence electrons. The van der Waals surface area contributed by atoms with Crippen LogP contribution >= 0.6 is 11.3 Å². The molecule has 4 rings (SSSR count). The highest BCUT2D eigenvalue weighted by molar-refractivity contribution is 7.09. The Balaban J connectivity index is 1.46. The molecule has 1 heterocycles. The fraction of sp³-hybridized carbons (Fsp3) is 0.385. The molecule has 4 heteroatoms. The third-order valence-electron chi connectivity index (χ3n) is 5.74. The van der Waals surface area contributed by atoms with Crippen molar-refractivity contribution in [1.82, 2.24) is 4.98 Å². The monoisotopic (exact) mass is 418 g/mol. The normalized spacial score (nSPS) is 14.1. The van der Waals surface area contributed by atoms with Crippen LogP contribution in [0, 0.1) is 12.3 Å². The highest BCUT2D eigenvalue weighted by Crippen LogP contribution is 2.38. The van der Waals surface area contributed by atoms with Crippen LogP contribution in [-0.2, 0) is 17.7 Å². The minimum atomic E-state index is 0.259. The minimum Gasteiger partial charge on any atom is -0.396 e. The van der Waals surface area contributed by atoms with E-state index in [9.17, 15) is 0 Å². The number of oxime groups is 1. The number of benzene rings is 2. The molecule has 30 heavy (non-hydrogen) atoms. The van der Waals surface area contributed by atoms with E-state index in [1.54, 1.807) is 11.3 Å². The molecule has 0 unspecified atom stereocenters. The highest BCUT2D eigenvalue weighted by atomic mass is 32.1. The van der Waals surface area contributed by atoms with Gasteiger partial charge in [0.05, 0.1) is 10.7 Å². The summed E-state index contributed by atoms with van der Waals surface area (Å²) in [7, 11) is 0. The summed E-state index contributed by atoms with van der Waals surface area (Å²) in [5.41, 5.74) is 8.68. The van der Waals surface area contributed by atoms with Crippen molar-refractivity contribution in [3.8, 4) is 11.1 Å². The molecule has 3 nitrogen and oxygen atoms in total. The zero-order chi connectivity index (χ0) is 21.1. The fourth-order valence-corrected chi connectivity index (χ4v) is 4.93. The highest BCUT2D eigenvalue weighted by Gasteiger charge is 2.26. The van der Waals surface area contributed by atoms with Crippen LogP contribution in [0.25, 0.3) is 11.1 Å². The van der Waals surface area contributed by atoms with E-state index in [1.165, 1.54) is 40.8 Å². The third-order valence-corrected chi connectivity index (χ3v) is 6.56. The average Bonchev–Trinajstić information content (AvgIpc) is 3.26. The lowest BCUT2D eigenvalue weighted by Gasteiger charge is -2.23. The number of aromatic nitrogens is 1. The summed E-state index contributed by atoms with van der Waals surface area (Å²) in [4.78, 5) is 10.1. The maximum absolute atomic E-state index is 5.44. The predicted octanol–water partition coefficient (Wildman–Crippen LogP) is 6.81. The zero-order valence-electron chi connectivity index (χ0n) is 18.4. The van der Waals surface area contributed by atoms with Gasteiger partial charge in [0.15, 0.2) is 0 Å². The fourth-order valence-electron chi connectivity index (χ4n) is 4.31. The third kappa shape index (κ3) is 4.49. The number of hydrogen-bond donors (Lipinski definition) is 0. The van der Waals surface area contributed by atoms with Crippen LogP contribution in [0.4, 0.5) is 0 Å². The van der Waals surface area contributed by atoms with Crippen LogP contribution in [-0.4, -0.2) is 17.3 Å². The first-order chi connectivity index (χ1) is 14.5. The number of thiazole rings is 1. The van der Waals surface area contributed by atoms with Gasteiger partial charge in [0.25, 0.3) is 0 Å². The van der Waals surface area contributed by atoms with Gasteiger partial charge in [0, 0.05) is 16.5 Å². The van der Waals surface area contributed by atoms with E-state index >= 15 is 0 Å². The molecule has 0 N–H and O–H groups in total. The molecule has 0 amide bonds. The second-order valence-corrected chi connectivity index (χ2v) is 9.90. The average molecular weight is 419 g/mol. The standard InChI is InChI=1S/C26H30N2OS/c1-5-29-28-25-23-11-7-6-10-21(23)22-13-12-19(15-24(22)25)9-8-14-26(3,4)16-20-17-30-18(2)27-20/h6-7,10-13,15,17H,5,8-9,14,16H2,1-4H3/b28-25-. The van der Waals surface area contributed by atoms with Gasteiger partial charge in [-0.3, -0.25) is 0 Å². The molecule has 3 aromatic rings. The zero-order valence-corrected chi connectivity index (χ0v) is 19.2. The molecule has 1 aliphatic carbocycles. The van der Waals surface area contributed by atoms with Crippen molar-refractivity contribution in [2.45, 2.75) is 53.4 Å². The maximum Gasteiger partial charge on any atom is 0.118 e. The maximum atomic E-state index is 5.44. The van der Waals surface area contributed by atoms with Crippen molar-refractivity contribution in [2.75, 3.05) is 6.61 Å². The molecule has 0 saturated carbocycles. The smallest absolute Gasteiger partial charge is 0.118 e. The van der Waals surface area contributed by atoms with Crippen molar-refractivity contribution in [2.24, 2.45) is 10.6 Å². The van der Waals surface area contributed by atoms with Crippen LogP contribution in [0.3, 0.4) is 0 Å². The molecular formula is C26H30N2OS. The molecule has 0 bridgehead atoms. The first-order valence-electron chi connectivity index (χ1n) is 10.8. The largest absolute Gasteiger partial charge is 0.396 e. The Morgan fingerprint density at radius 1 is 1.03 bits per heavy atom. The summed E-state index contributed by atoms with van der Waals surface area (Å²) in [6, 6.07) is 15.3. The summed E-state index contributed by atoms with van der Waals surface area (Å²) in [5.74, 6) is 0. The van der Waals surface area contributed by atoms with E-state index < -0.39 is 0 Å². The number of nitrogens with zero attached hydrogens (tertiary/aromatic N) is 2. The molecule has 1 aromatic heterocycles. The van der Waals surface area contributed by atoms with Gasteiger partial charge in [-0.25, -0.2) is 4.98 Å². The minimum absolute atomic E-state index is 0.259. The Morgan fingerprint density at radius 3 is 2.53 bits per heavy atom. The van der Waals surface area contributed by atoms with Gasteiger partial charge in [0.2, 0.25) is 0 Å². The summed E-state index contributed by atoms with van der Waals surface area (Å²) in [6.07, 6.45) is 4.47. The second-order valence-electron chi connectivity index (χ2n) is 8.84. The summed E-state index contributed by atoms with van der Waals surface area (Å²) < 4.78 is 0. The van der Waals surface area contributed by atoms with Crippen LogP contribution < -0.4 is 0 Å². The molecule has 0 fully saturated rings. The van der Waals surface area contributed by atoms with Crippen molar-refractivity contribution in [3.63, 3.8) is 0 Å². The van der Waals surface area contributed by atoms with Crippen molar-refractivity contribution < 1.29 is 4.84 Å². The van der Waals surface area contributed by atoms with Gasteiger partial charge < -0.3 is 4.84 Å². The number of aryl methyl sites for hydroxylation is 2. The van der Waals surface area contributed by atoms with Gasteiger partial charge in [-0.05, 0) is 67.7 Å². The van der Waals surface area contributed by atoms with Gasteiger partial charge in [0.1, 0.15) is 12.3 Å². The quantitative estimate of drug-likeness (QED) is 0.294. The SMILES string of the molecule is CCO/N=C1/c2ccccc2-c2ccc(CCCC(C)(C)Cc3csc(C)n3)cc21. The Morgan fingerprint density at radius 2 is 1.80 bits per heavy atom. The molecule has 0 spiro atoms. The molecule has 0 atom stereocenters. The lowest BCUT2D eigenvalue weighted by Crippen LogP contribution is -2.15. The van der Waals surface area contributed by atoms with E-state index in [1.807, 2.05) is 6.92 Å². The molecule has 0 radical (unpaired) electrons. The number of rotatable bonds is 8. The lowest BCUT2D eigenvalue weighted by atomic mass is 9.82. The summed E-state index contributed by atoms with van der Waals surface area (Å²) >= 11 is 1.75. The molecule has 2 aromatic carbocycles. The van der Waals surface area contributed by atoms with Crippen molar-refractivity contribution in [3.05, 3.63) is 75.2 Å². The Kier molecular flexibility index (Phi) is 6.05. The van der Waals surface area contributed by atoms with E-state index in [2.05, 4.69) is 78.8 Å². The van der Waals surface area contributed by atoms with Crippen LogP contribution in [0.1, 0.15) is 61.0 Å². The Labute approximate surface area is 183 Å². The topological polar surface area (TPSA) is 34.5 Å². The number of fused-ring (bicyclic) bond motifs is 3. The molecule has 1 aliphatic rings. The molecule has 0 aliphatic heterocycles. The van der Waals surface area contributed by atoms with E-state index in [-0.39, 0.29) is 5.41 Å². The van der Waals surface area contributed by atoms with Gasteiger partial charge in [-0.2, -0.15) is 0 Å². The van der Waals surface area contributed by atoms with Crippen LogP contribution in [0.5, 0.6) is 0 Å². The molecule has 0 saturated heterocycles. The van der Waals surface area contributed by atoms with Gasteiger partial charge >= 0.3 is 0 Å². The second kappa shape index (κ2) is 8.73. The van der Waals surface area contributed by atoms with E-state index in [4.69, 9.17) is 4.84 Å². The van der Waals surface area contributed by atoms with Crippen LogP contribution in [0.15, 0.2) is 53.0 Å². The van der Waals surface area contributed by atoms with Gasteiger partial charge in [-0.1, -0.05) is 55.4 Å². The molecular weight excluding hydrogens is 388 g/mol. The van der Waals surface area contributed by atoms with E-state index in [0.717, 1.165) is 29.1 Å². The number of hydrogen-bond acceptors (Lipinski definition) is 4. The Bertz CT molecular complexity index is 1060. The first kappa shape index (κ1) is 20.8. The first-order valence-corrected chi connectivity index (χ1v) is 11.7. The van der Waals surface area contributed by atoms with Gasteiger partial charge in [-0.15, -0.1) is 11.3 Å². The predicted molar refractivity (Wildman–Crippen MR) is 126 cm³/mol. The van der Waals surface area contributed by atoms with E-state index in [0.29, 0.717) is 6.61 Å². The van der Waals surface area contributed by atoms with Crippen molar-refractivity contribution in [1.29, 1.82) is 0 Å². The van der Waals surface area contributed by atoms with Crippen LogP contribution in [0.2, 0.25) is 0 Å². The van der Waals surface area contributed by atoms with Crippen molar-refractivity contribution >= 4 is 17.0 Å². The Hall–Kier alpha value is -2.46. The lowest BCUT2D eigenvalue weighted by molar-refractivity contribution is 0.159. The summed E-state index contributed by atoms with van der Waals surface area (Å²) in [5, 5.41) is 7.80.